The molecule has 0 saturated heterocycles. The predicted molar refractivity (Wildman–Crippen MR) is 77.2 cm³/mol. The number of nitrogens with two attached hydrogens (primary N) is 1. The van der Waals surface area contributed by atoms with Crippen LogP contribution in [0.4, 0.5) is 10.1 Å². The Balaban J connectivity index is 1.87. The van der Waals surface area contributed by atoms with Crippen LogP contribution in [0.15, 0.2) is 23.1 Å². The van der Waals surface area contributed by atoms with Crippen LogP contribution in [0.1, 0.15) is 38.5 Å². The SMILES string of the molecule is Nc1cc(F)ccc1S(=O)(=O)NCCCC1CCCC1. The van der Waals surface area contributed by atoms with Gasteiger partial charge in [0.2, 0.25) is 10.0 Å². The van der Waals surface area contributed by atoms with Crippen LogP contribution in [0.3, 0.4) is 0 Å². The van der Waals surface area contributed by atoms with E-state index in [9.17, 15) is 12.8 Å². The standard InChI is InChI=1S/C14H21FN2O2S/c15-12-7-8-14(13(16)10-12)20(18,19)17-9-3-6-11-4-1-2-5-11/h7-8,10-11,17H,1-6,9,16H2. The molecule has 6 heteroatoms. The summed E-state index contributed by atoms with van der Waals surface area (Å²) in [6.45, 7) is 0.398. The van der Waals surface area contributed by atoms with Crippen LogP contribution >= 0.6 is 0 Å². The van der Waals surface area contributed by atoms with Gasteiger partial charge in [-0.15, -0.1) is 0 Å². The van der Waals surface area contributed by atoms with Crippen LogP contribution in [-0.2, 0) is 10.0 Å². The number of benzene rings is 1. The highest BCUT2D eigenvalue weighted by atomic mass is 32.2. The summed E-state index contributed by atoms with van der Waals surface area (Å²) < 4.78 is 39.5. The third-order valence-electron chi connectivity index (χ3n) is 3.82. The Labute approximate surface area is 119 Å². The smallest absolute Gasteiger partial charge is 0.242 e. The highest BCUT2D eigenvalue weighted by Gasteiger charge is 2.18. The topological polar surface area (TPSA) is 72.2 Å². The second-order valence-electron chi connectivity index (χ2n) is 5.37. The summed E-state index contributed by atoms with van der Waals surface area (Å²) in [6, 6.07) is 3.32. The Hall–Kier alpha value is -1.14. The van der Waals surface area contributed by atoms with Gasteiger partial charge in [0, 0.05) is 6.54 Å². The van der Waals surface area contributed by atoms with Crippen molar-refractivity contribution in [2.45, 2.75) is 43.4 Å². The number of halogens is 1. The Kier molecular flexibility index (Phi) is 4.99. The molecule has 0 radical (unpaired) electrons. The summed E-state index contributed by atoms with van der Waals surface area (Å²) in [5, 5.41) is 0. The van der Waals surface area contributed by atoms with Crippen molar-refractivity contribution >= 4 is 15.7 Å². The van der Waals surface area contributed by atoms with Crippen LogP contribution in [0.2, 0.25) is 0 Å². The molecular formula is C14H21FN2O2S. The minimum atomic E-state index is -3.65. The van der Waals surface area contributed by atoms with Crippen molar-refractivity contribution in [3.63, 3.8) is 0 Å². The van der Waals surface area contributed by atoms with Gasteiger partial charge in [0.05, 0.1) is 5.69 Å². The van der Waals surface area contributed by atoms with Crippen LogP contribution in [0.5, 0.6) is 0 Å². The van der Waals surface area contributed by atoms with Gasteiger partial charge >= 0.3 is 0 Å². The fourth-order valence-electron chi connectivity index (χ4n) is 2.74. The highest BCUT2D eigenvalue weighted by molar-refractivity contribution is 7.89. The van der Waals surface area contributed by atoms with Crippen molar-refractivity contribution in [1.82, 2.24) is 4.72 Å². The van der Waals surface area contributed by atoms with E-state index in [0.717, 1.165) is 30.9 Å². The van der Waals surface area contributed by atoms with Gasteiger partial charge in [-0.3, -0.25) is 0 Å². The second-order valence-corrected chi connectivity index (χ2v) is 7.11. The second kappa shape index (κ2) is 6.54. The molecule has 1 fully saturated rings. The Morgan fingerprint density at radius 1 is 1.30 bits per heavy atom. The Morgan fingerprint density at radius 2 is 2.00 bits per heavy atom. The van der Waals surface area contributed by atoms with Crippen molar-refractivity contribution in [3.05, 3.63) is 24.0 Å². The molecule has 20 heavy (non-hydrogen) atoms. The maximum atomic E-state index is 12.9. The molecule has 0 amide bonds. The Morgan fingerprint density at radius 3 is 2.65 bits per heavy atom. The lowest BCUT2D eigenvalue weighted by Crippen LogP contribution is -2.26. The van der Waals surface area contributed by atoms with E-state index >= 15 is 0 Å². The lowest BCUT2D eigenvalue weighted by molar-refractivity contribution is 0.480. The van der Waals surface area contributed by atoms with Crippen molar-refractivity contribution in [1.29, 1.82) is 0 Å². The van der Waals surface area contributed by atoms with Gasteiger partial charge in [0.1, 0.15) is 10.7 Å². The van der Waals surface area contributed by atoms with E-state index in [1.807, 2.05) is 0 Å². The van der Waals surface area contributed by atoms with Gasteiger partial charge in [-0.25, -0.2) is 17.5 Å². The predicted octanol–water partition coefficient (Wildman–Crippen LogP) is 2.66. The summed E-state index contributed by atoms with van der Waals surface area (Å²) in [5.74, 6) is 0.207. The third-order valence-corrected chi connectivity index (χ3v) is 5.35. The minimum absolute atomic E-state index is 0.0558. The van der Waals surface area contributed by atoms with Crippen LogP contribution in [0, 0.1) is 11.7 Å². The zero-order valence-electron chi connectivity index (χ0n) is 11.4. The molecule has 0 aliphatic heterocycles. The number of hydrogen-bond acceptors (Lipinski definition) is 3. The molecule has 0 aromatic heterocycles. The molecular weight excluding hydrogens is 279 g/mol. The van der Waals surface area contributed by atoms with Crippen molar-refractivity contribution in [2.75, 3.05) is 12.3 Å². The number of hydrogen-bond donors (Lipinski definition) is 2. The number of nitrogen functional groups attached to an aromatic ring is 1. The van der Waals surface area contributed by atoms with Crippen molar-refractivity contribution in [3.8, 4) is 0 Å². The van der Waals surface area contributed by atoms with E-state index in [2.05, 4.69) is 4.72 Å². The minimum Gasteiger partial charge on any atom is -0.398 e. The van der Waals surface area contributed by atoms with Crippen LogP contribution in [0.25, 0.3) is 0 Å². The quantitative estimate of drug-likeness (QED) is 0.626. The molecule has 0 bridgehead atoms. The van der Waals surface area contributed by atoms with Crippen molar-refractivity contribution < 1.29 is 12.8 Å². The molecule has 0 unspecified atom stereocenters. The molecule has 1 aliphatic carbocycles. The Bertz CT molecular complexity index is 554. The molecule has 1 aromatic rings. The van der Waals surface area contributed by atoms with E-state index < -0.39 is 15.8 Å². The van der Waals surface area contributed by atoms with Gasteiger partial charge in [0.25, 0.3) is 0 Å². The fourth-order valence-corrected chi connectivity index (χ4v) is 3.92. The van der Waals surface area contributed by atoms with E-state index in [0.29, 0.717) is 6.54 Å². The number of rotatable bonds is 6. The number of anilines is 1. The zero-order chi connectivity index (χ0) is 14.6. The first-order chi connectivity index (χ1) is 9.49. The van der Waals surface area contributed by atoms with Gasteiger partial charge < -0.3 is 5.73 Å². The van der Waals surface area contributed by atoms with Gasteiger partial charge in [-0.05, 0) is 37.0 Å². The van der Waals surface area contributed by atoms with E-state index in [4.69, 9.17) is 5.73 Å². The summed E-state index contributed by atoms with van der Waals surface area (Å²) in [7, 11) is -3.65. The first-order valence-corrected chi connectivity index (χ1v) is 8.52. The summed E-state index contributed by atoms with van der Waals surface area (Å²) >= 11 is 0. The molecule has 112 valence electrons. The van der Waals surface area contributed by atoms with E-state index in [-0.39, 0.29) is 10.6 Å². The number of nitrogens with one attached hydrogen (secondary N) is 1. The highest BCUT2D eigenvalue weighted by Crippen LogP contribution is 2.28. The lowest BCUT2D eigenvalue weighted by atomic mass is 10.0. The summed E-state index contributed by atoms with van der Waals surface area (Å²) in [4.78, 5) is -0.0558. The molecule has 0 atom stereocenters. The maximum Gasteiger partial charge on any atom is 0.242 e. The van der Waals surface area contributed by atoms with Gasteiger partial charge in [-0.2, -0.15) is 0 Å². The molecule has 4 nitrogen and oxygen atoms in total. The molecule has 1 aromatic carbocycles. The molecule has 2 rings (SSSR count). The van der Waals surface area contributed by atoms with Crippen LogP contribution in [-0.4, -0.2) is 15.0 Å². The van der Waals surface area contributed by atoms with E-state index in [1.54, 1.807) is 0 Å². The average Bonchev–Trinajstić information content (AvgIpc) is 2.87. The third kappa shape index (κ3) is 3.93. The molecule has 0 heterocycles. The van der Waals surface area contributed by atoms with Gasteiger partial charge in [0.15, 0.2) is 0 Å². The van der Waals surface area contributed by atoms with Gasteiger partial charge in [-0.1, -0.05) is 25.7 Å². The molecule has 1 aliphatic rings. The zero-order valence-corrected chi connectivity index (χ0v) is 12.3. The molecule has 1 saturated carbocycles. The first-order valence-electron chi connectivity index (χ1n) is 7.04. The fraction of sp³-hybridized carbons (Fsp3) is 0.571. The monoisotopic (exact) mass is 300 g/mol. The average molecular weight is 300 g/mol. The molecule has 0 spiro atoms. The lowest BCUT2D eigenvalue weighted by Gasteiger charge is -2.11. The largest absolute Gasteiger partial charge is 0.398 e. The van der Waals surface area contributed by atoms with Crippen molar-refractivity contribution in [2.24, 2.45) is 5.92 Å². The van der Waals surface area contributed by atoms with Crippen LogP contribution < -0.4 is 10.5 Å². The summed E-state index contributed by atoms with van der Waals surface area (Å²) in [5.41, 5.74) is 5.49. The normalized spacial score (nSPS) is 16.6. The maximum absolute atomic E-state index is 12.9. The summed E-state index contributed by atoms with van der Waals surface area (Å²) in [6.07, 6.45) is 6.99. The molecule has 3 N–H and O–H groups in total. The van der Waals surface area contributed by atoms with E-state index in [1.165, 1.54) is 31.7 Å². The number of sulfonamides is 1. The first kappa shape index (κ1) is 15.3.